The zero-order valence-electron chi connectivity index (χ0n) is 7.47. The summed E-state index contributed by atoms with van der Waals surface area (Å²) in [5.74, 6) is 1.42. The maximum Gasteiger partial charge on any atom is 0.0647 e. The summed E-state index contributed by atoms with van der Waals surface area (Å²) in [4.78, 5) is 0. The first kappa shape index (κ1) is 10.1. The minimum absolute atomic E-state index is 0.590. The topological polar surface area (TPSA) is 9.23 Å². The molecule has 0 aromatic rings. The molecule has 0 atom stereocenters. The van der Waals surface area contributed by atoms with Crippen LogP contribution >= 0.6 is 11.6 Å². The van der Waals surface area contributed by atoms with E-state index < -0.39 is 0 Å². The second-order valence-corrected chi connectivity index (χ2v) is 3.62. The zero-order valence-corrected chi connectivity index (χ0v) is 8.22. The average molecular weight is 189 g/mol. The van der Waals surface area contributed by atoms with E-state index in [4.69, 9.17) is 16.3 Å². The monoisotopic (exact) mass is 188 g/mol. The molecule has 1 rings (SSSR count). The Morgan fingerprint density at radius 2 is 2.00 bits per heavy atom. The van der Waals surface area contributed by atoms with E-state index in [2.05, 4.69) is 0 Å². The highest BCUT2D eigenvalue weighted by Crippen LogP contribution is 2.24. The fraction of sp³-hybridized carbons (Fsp3) is 0.800. The molecule has 1 aliphatic carbocycles. The van der Waals surface area contributed by atoms with E-state index in [1.54, 1.807) is 0 Å². The molecule has 2 heteroatoms. The first-order chi connectivity index (χ1) is 5.93. The molecule has 0 aromatic carbocycles. The molecule has 1 saturated carbocycles. The molecule has 0 aromatic heterocycles. The van der Waals surface area contributed by atoms with Gasteiger partial charge in [0.15, 0.2) is 0 Å². The summed E-state index contributed by atoms with van der Waals surface area (Å²) >= 11 is 5.47. The summed E-state index contributed by atoms with van der Waals surface area (Å²) in [6.45, 7) is 1.66. The molecule has 0 N–H and O–H groups in total. The molecule has 12 heavy (non-hydrogen) atoms. The Balaban J connectivity index is 1.91. The summed E-state index contributed by atoms with van der Waals surface area (Å²) in [5, 5.41) is 0. The van der Waals surface area contributed by atoms with Crippen molar-refractivity contribution in [3.63, 3.8) is 0 Å². The van der Waals surface area contributed by atoms with Gasteiger partial charge in [-0.05, 0) is 18.8 Å². The predicted octanol–water partition coefficient (Wildman–Crippen LogP) is 2.99. The standard InChI is InChI=1S/C10H17ClO/c11-7-3-4-8-12-9-10-5-1-2-6-10/h3-4,10H,1-2,5-9H2. The molecular formula is C10H17ClO. The Morgan fingerprint density at radius 3 is 2.67 bits per heavy atom. The maximum absolute atomic E-state index is 5.47. The molecule has 0 saturated heterocycles. The minimum atomic E-state index is 0.590. The van der Waals surface area contributed by atoms with Gasteiger partial charge in [-0.15, -0.1) is 11.6 Å². The number of rotatable bonds is 5. The van der Waals surface area contributed by atoms with Gasteiger partial charge in [0.05, 0.1) is 6.61 Å². The lowest BCUT2D eigenvalue weighted by atomic mass is 10.1. The van der Waals surface area contributed by atoms with Crippen LogP contribution in [0.15, 0.2) is 12.2 Å². The Bertz CT molecular complexity index is 128. The van der Waals surface area contributed by atoms with E-state index in [1.807, 2.05) is 12.2 Å². The summed E-state index contributed by atoms with van der Waals surface area (Å²) in [6, 6.07) is 0. The van der Waals surface area contributed by atoms with Crippen LogP contribution in [0.3, 0.4) is 0 Å². The molecule has 0 spiro atoms. The number of allylic oxidation sites excluding steroid dienone is 1. The van der Waals surface area contributed by atoms with Crippen molar-refractivity contribution in [3.05, 3.63) is 12.2 Å². The summed E-state index contributed by atoms with van der Waals surface area (Å²) in [7, 11) is 0. The molecular weight excluding hydrogens is 172 g/mol. The van der Waals surface area contributed by atoms with Crippen LogP contribution in [-0.2, 0) is 4.74 Å². The highest BCUT2D eigenvalue weighted by molar-refractivity contribution is 6.18. The van der Waals surface area contributed by atoms with Gasteiger partial charge in [-0.3, -0.25) is 0 Å². The highest BCUT2D eigenvalue weighted by Gasteiger charge is 2.14. The molecule has 0 bridgehead atoms. The van der Waals surface area contributed by atoms with E-state index in [0.29, 0.717) is 5.88 Å². The van der Waals surface area contributed by atoms with Gasteiger partial charge in [-0.1, -0.05) is 25.0 Å². The van der Waals surface area contributed by atoms with Gasteiger partial charge in [-0.2, -0.15) is 0 Å². The van der Waals surface area contributed by atoms with Crippen LogP contribution in [0.2, 0.25) is 0 Å². The molecule has 1 fully saturated rings. The zero-order chi connectivity index (χ0) is 8.65. The van der Waals surface area contributed by atoms with Crippen LogP contribution < -0.4 is 0 Å². The first-order valence-corrected chi connectivity index (χ1v) is 5.25. The second-order valence-electron chi connectivity index (χ2n) is 3.31. The van der Waals surface area contributed by atoms with Crippen LogP contribution in [0, 0.1) is 5.92 Å². The molecule has 0 amide bonds. The molecule has 70 valence electrons. The van der Waals surface area contributed by atoms with Crippen molar-refractivity contribution in [2.45, 2.75) is 25.7 Å². The van der Waals surface area contributed by atoms with E-state index in [-0.39, 0.29) is 0 Å². The molecule has 1 aliphatic rings. The highest BCUT2D eigenvalue weighted by atomic mass is 35.5. The van der Waals surface area contributed by atoms with Crippen molar-refractivity contribution in [1.82, 2.24) is 0 Å². The third-order valence-electron chi connectivity index (χ3n) is 2.30. The molecule has 0 unspecified atom stereocenters. The predicted molar refractivity (Wildman–Crippen MR) is 52.6 cm³/mol. The smallest absolute Gasteiger partial charge is 0.0647 e. The number of ether oxygens (including phenoxy) is 1. The van der Waals surface area contributed by atoms with Crippen LogP contribution in [0.4, 0.5) is 0 Å². The Morgan fingerprint density at radius 1 is 1.25 bits per heavy atom. The number of alkyl halides is 1. The second kappa shape index (κ2) is 6.50. The van der Waals surface area contributed by atoms with Crippen molar-refractivity contribution in [3.8, 4) is 0 Å². The molecule has 1 nitrogen and oxygen atoms in total. The third-order valence-corrected chi connectivity index (χ3v) is 2.48. The van der Waals surface area contributed by atoms with Gasteiger partial charge in [0.2, 0.25) is 0 Å². The van der Waals surface area contributed by atoms with E-state index >= 15 is 0 Å². The quantitative estimate of drug-likeness (QED) is 0.366. The molecule has 0 heterocycles. The van der Waals surface area contributed by atoms with E-state index in [9.17, 15) is 0 Å². The van der Waals surface area contributed by atoms with Gasteiger partial charge in [0, 0.05) is 12.5 Å². The van der Waals surface area contributed by atoms with E-state index in [1.165, 1.54) is 25.7 Å². The molecule has 0 aliphatic heterocycles. The van der Waals surface area contributed by atoms with Crippen LogP contribution in [-0.4, -0.2) is 19.1 Å². The average Bonchev–Trinajstić information content (AvgIpc) is 2.57. The Labute approximate surface area is 79.7 Å². The van der Waals surface area contributed by atoms with Gasteiger partial charge < -0.3 is 4.74 Å². The normalized spacial score (nSPS) is 19.4. The van der Waals surface area contributed by atoms with Gasteiger partial charge in [-0.25, -0.2) is 0 Å². The molecule has 0 radical (unpaired) electrons. The van der Waals surface area contributed by atoms with Crippen molar-refractivity contribution in [1.29, 1.82) is 0 Å². The van der Waals surface area contributed by atoms with Crippen molar-refractivity contribution in [2.24, 2.45) is 5.92 Å². The lowest BCUT2D eigenvalue weighted by Gasteiger charge is -2.07. The largest absolute Gasteiger partial charge is 0.377 e. The van der Waals surface area contributed by atoms with Crippen LogP contribution in [0.25, 0.3) is 0 Å². The van der Waals surface area contributed by atoms with Gasteiger partial charge in [0.1, 0.15) is 0 Å². The van der Waals surface area contributed by atoms with Crippen molar-refractivity contribution in [2.75, 3.05) is 19.1 Å². The number of hydrogen-bond donors (Lipinski definition) is 0. The lowest BCUT2D eigenvalue weighted by Crippen LogP contribution is -2.05. The van der Waals surface area contributed by atoms with E-state index in [0.717, 1.165) is 19.1 Å². The van der Waals surface area contributed by atoms with Crippen LogP contribution in [0.5, 0.6) is 0 Å². The fourth-order valence-corrected chi connectivity index (χ4v) is 1.74. The summed E-state index contributed by atoms with van der Waals surface area (Å²) < 4.78 is 5.47. The summed E-state index contributed by atoms with van der Waals surface area (Å²) in [6.07, 6.45) is 9.42. The lowest BCUT2D eigenvalue weighted by molar-refractivity contribution is 0.125. The number of hydrogen-bond acceptors (Lipinski definition) is 1. The fourth-order valence-electron chi connectivity index (χ4n) is 1.61. The maximum atomic E-state index is 5.47. The SMILES string of the molecule is ClCC=CCOCC1CCCC1. The summed E-state index contributed by atoms with van der Waals surface area (Å²) in [5.41, 5.74) is 0. The van der Waals surface area contributed by atoms with Crippen LogP contribution in [0.1, 0.15) is 25.7 Å². The number of halogens is 1. The minimum Gasteiger partial charge on any atom is -0.377 e. The third kappa shape index (κ3) is 4.13. The van der Waals surface area contributed by atoms with Gasteiger partial charge in [0.25, 0.3) is 0 Å². The Kier molecular flexibility index (Phi) is 5.46. The first-order valence-electron chi connectivity index (χ1n) is 4.72. The van der Waals surface area contributed by atoms with Crippen molar-refractivity contribution >= 4 is 11.6 Å². The Hall–Kier alpha value is -0.0100. The van der Waals surface area contributed by atoms with Gasteiger partial charge >= 0.3 is 0 Å². The van der Waals surface area contributed by atoms with Crippen molar-refractivity contribution < 1.29 is 4.74 Å².